The van der Waals surface area contributed by atoms with Gasteiger partial charge in [0.05, 0.1) is 0 Å². The van der Waals surface area contributed by atoms with Gasteiger partial charge in [-0.2, -0.15) is 0 Å². The fraction of sp³-hybridized carbons (Fsp3) is 0.750. The lowest BCUT2D eigenvalue weighted by atomic mass is 9.59. The van der Waals surface area contributed by atoms with E-state index >= 15 is 0 Å². The second-order valence-corrected chi connectivity index (χ2v) is 17.6. The van der Waals surface area contributed by atoms with Crippen molar-refractivity contribution in [1.82, 2.24) is 0 Å². The highest BCUT2D eigenvalue weighted by molar-refractivity contribution is 5.44. The van der Waals surface area contributed by atoms with Gasteiger partial charge in [0.1, 0.15) is 5.75 Å². The molecule has 0 aromatic heterocycles. The lowest BCUT2D eigenvalue weighted by Gasteiger charge is -2.45. The van der Waals surface area contributed by atoms with Crippen LogP contribution in [0.2, 0.25) is 0 Å². The van der Waals surface area contributed by atoms with E-state index in [4.69, 9.17) is 0 Å². The van der Waals surface area contributed by atoms with Gasteiger partial charge >= 0.3 is 0 Å². The molecule has 9 aliphatic rings. The van der Waals surface area contributed by atoms with Gasteiger partial charge in [-0.25, -0.2) is 0 Å². The van der Waals surface area contributed by atoms with E-state index in [1.807, 2.05) is 0 Å². The summed E-state index contributed by atoms with van der Waals surface area (Å²) in [7, 11) is 0. The van der Waals surface area contributed by atoms with Gasteiger partial charge in [-0.1, -0.05) is 50.3 Å². The highest BCUT2D eigenvalue weighted by atomic mass is 16.3. The maximum absolute atomic E-state index is 10.5. The topological polar surface area (TPSA) is 20.2 Å². The number of rotatable bonds is 3. The van der Waals surface area contributed by atoms with Crippen molar-refractivity contribution in [3.63, 3.8) is 0 Å². The smallest absolute Gasteiger partial charge is 0.121 e. The molecule has 6 bridgehead atoms. The Kier molecular flexibility index (Phi) is 5.07. The maximum atomic E-state index is 10.5. The Labute approximate surface area is 248 Å². The fourth-order valence-electron chi connectivity index (χ4n) is 16.0. The van der Waals surface area contributed by atoms with Crippen LogP contribution in [0.25, 0.3) is 0 Å². The summed E-state index contributed by atoms with van der Waals surface area (Å²) in [6, 6.07) is 4.68. The summed E-state index contributed by atoms with van der Waals surface area (Å²) in [5.74, 6) is 19.0. The van der Waals surface area contributed by atoms with E-state index in [2.05, 4.69) is 64.1 Å². The number of phenols is 1. The molecule has 0 heterocycles. The number of aromatic hydroxyl groups is 1. The van der Waals surface area contributed by atoms with E-state index < -0.39 is 0 Å². The first kappa shape index (κ1) is 24.9. The van der Waals surface area contributed by atoms with Gasteiger partial charge in [-0.3, -0.25) is 0 Å². The second kappa shape index (κ2) is 8.35. The van der Waals surface area contributed by atoms with Gasteiger partial charge in [-0.15, -0.1) is 0 Å². The predicted octanol–water partition coefficient (Wildman–Crippen LogP) is 9.19. The number of benzene rings is 1. The van der Waals surface area contributed by atoms with E-state index in [9.17, 15) is 5.11 Å². The molecule has 1 aromatic rings. The first-order valence-corrected chi connectivity index (χ1v) is 18.0. The highest BCUT2D eigenvalue weighted by Crippen LogP contribution is 2.76. The molecule has 0 radical (unpaired) electrons. The minimum absolute atomic E-state index is 0.514. The normalized spacial score (nSPS) is 58.2. The summed E-state index contributed by atoms with van der Waals surface area (Å²) in [6.07, 6.45) is 21.0. The fourth-order valence-corrected chi connectivity index (χ4v) is 16.0. The number of fused-ring (bicyclic) bond motifs is 15. The Morgan fingerprint density at radius 1 is 0.585 bits per heavy atom. The molecule has 1 N–H and O–H groups in total. The van der Waals surface area contributed by atoms with Crippen LogP contribution in [0.4, 0.5) is 0 Å². The molecule has 10 rings (SSSR count). The van der Waals surface area contributed by atoms with Crippen LogP contribution in [0, 0.1) is 120 Å². The molecule has 1 nitrogen and oxygen atoms in total. The molecule has 0 saturated heterocycles. The van der Waals surface area contributed by atoms with Gasteiger partial charge in [-0.05, 0) is 188 Å². The second-order valence-electron chi connectivity index (χ2n) is 17.6. The van der Waals surface area contributed by atoms with E-state index in [-0.39, 0.29) is 0 Å². The molecule has 218 valence electrons. The van der Waals surface area contributed by atoms with Crippen molar-refractivity contribution in [1.29, 1.82) is 0 Å². The summed E-state index contributed by atoms with van der Waals surface area (Å²) < 4.78 is 0. The zero-order chi connectivity index (χ0) is 27.5. The average molecular weight is 549 g/mol. The molecule has 19 atom stereocenters. The average Bonchev–Trinajstić information content (AvgIpc) is 3.78. The molecule has 1 heteroatoms. The van der Waals surface area contributed by atoms with E-state index in [1.165, 1.54) is 32.1 Å². The van der Waals surface area contributed by atoms with Crippen molar-refractivity contribution in [2.75, 3.05) is 0 Å². The van der Waals surface area contributed by atoms with Gasteiger partial charge in [0, 0.05) is 0 Å². The molecule has 0 spiro atoms. The van der Waals surface area contributed by atoms with Crippen molar-refractivity contribution in [2.45, 2.75) is 78.6 Å². The lowest BCUT2D eigenvalue weighted by Crippen LogP contribution is -2.40. The summed E-state index contributed by atoms with van der Waals surface area (Å²) in [5, 5.41) is 10.5. The van der Waals surface area contributed by atoms with Crippen LogP contribution in [-0.4, -0.2) is 5.11 Å². The van der Waals surface area contributed by atoms with E-state index in [0.717, 1.165) is 124 Å². The SMILES string of the molecule is Cc1cc(C2CC3CC2C2CC(C)C(C4C5CC(C6C(C)C7CC6C6CC=CC76)C4C4C=CCC45)C32)cc(C)c1O. The molecule has 7 saturated carbocycles. The molecule has 1 aromatic carbocycles. The minimum Gasteiger partial charge on any atom is -0.507 e. The predicted molar refractivity (Wildman–Crippen MR) is 165 cm³/mol. The third-order valence-corrected chi connectivity index (χ3v) is 16.7. The van der Waals surface area contributed by atoms with Gasteiger partial charge < -0.3 is 5.11 Å². The molecule has 41 heavy (non-hydrogen) atoms. The summed E-state index contributed by atoms with van der Waals surface area (Å²) >= 11 is 0. The van der Waals surface area contributed by atoms with Crippen LogP contribution in [0.15, 0.2) is 36.4 Å². The van der Waals surface area contributed by atoms with Crippen LogP contribution in [0.1, 0.15) is 81.4 Å². The number of hydrogen-bond acceptors (Lipinski definition) is 1. The standard InChI is InChI=1S/C40H52O/c1-18-13-31-30-15-23(14-29(30)22-11-19(2)40(41)20(3)12-22)37(31)35(18)39-33-17-34(38(39)27-10-6-9-26(27)33)36-21(4)28-16-32(36)25-8-5-7-24(25)28/h5-7,10-12,18,21,23-39,41H,8-9,13-17H2,1-4H3. The number of phenolic OH excluding ortho intramolecular Hbond substituents is 1. The number of hydrogen-bond donors (Lipinski definition) is 1. The zero-order valence-electron chi connectivity index (χ0n) is 25.8. The summed E-state index contributed by atoms with van der Waals surface area (Å²) in [5.41, 5.74) is 3.71. The Bertz CT molecular complexity index is 1310. The summed E-state index contributed by atoms with van der Waals surface area (Å²) in [6.45, 7) is 9.62. The first-order valence-electron chi connectivity index (χ1n) is 18.0. The molecule has 9 aliphatic carbocycles. The minimum atomic E-state index is 0.514. The maximum Gasteiger partial charge on any atom is 0.121 e. The van der Waals surface area contributed by atoms with E-state index in [0.29, 0.717) is 5.75 Å². The van der Waals surface area contributed by atoms with Gasteiger partial charge in [0.15, 0.2) is 0 Å². The van der Waals surface area contributed by atoms with Crippen LogP contribution in [-0.2, 0) is 0 Å². The Balaban J connectivity index is 0.963. The molecular formula is C40H52O. The van der Waals surface area contributed by atoms with Crippen LogP contribution < -0.4 is 0 Å². The first-order chi connectivity index (χ1) is 19.9. The van der Waals surface area contributed by atoms with Crippen molar-refractivity contribution in [2.24, 2.45) is 107 Å². The van der Waals surface area contributed by atoms with Gasteiger partial charge in [0.25, 0.3) is 0 Å². The number of allylic oxidation sites excluding steroid dienone is 4. The highest BCUT2D eigenvalue weighted by Gasteiger charge is 2.70. The van der Waals surface area contributed by atoms with Crippen molar-refractivity contribution < 1.29 is 5.11 Å². The Morgan fingerprint density at radius 3 is 2.02 bits per heavy atom. The Morgan fingerprint density at radius 2 is 1.24 bits per heavy atom. The molecule has 19 unspecified atom stereocenters. The quantitative estimate of drug-likeness (QED) is 0.373. The molecule has 0 amide bonds. The van der Waals surface area contributed by atoms with Crippen LogP contribution in [0.3, 0.4) is 0 Å². The van der Waals surface area contributed by atoms with Crippen molar-refractivity contribution in [3.8, 4) is 5.75 Å². The van der Waals surface area contributed by atoms with E-state index in [1.54, 1.807) is 18.4 Å². The summed E-state index contributed by atoms with van der Waals surface area (Å²) in [4.78, 5) is 0. The van der Waals surface area contributed by atoms with Crippen LogP contribution in [0.5, 0.6) is 5.75 Å². The molecule has 0 aliphatic heterocycles. The van der Waals surface area contributed by atoms with Crippen molar-refractivity contribution >= 4 is 0 Å². The lowest BCUT2D eigenvalue weighted by molar-refractivity contribution is 0.0347. The third-order valence-electron chi connectivity index (χ3n) is 16.7. The number of aryl methyl sites for hydroxylation is 2. The monoisotopic (exact) mass is 548 g/mol. The Hall–Kier alpha value is -1.50. The third kappa shape index (κ3) is 3.01. The van der Waals surface area contributed by atoms with Crippen LogP contribution >= 0.6 is 0 Å². The zero-order valence-corrected chi connectivity index (χ0v) is 25.8. The molecular weight excluding hydrogens is 496 g/mol. The largest absolute Gasteiger partial charge is 0.507 e. The van der Waals surface area contributed by atoms with Gasteiger partial charge in [0.2, 0.25) is 0 Å². The molecule has 7 fully saturated rings. The van der Waals surface area contributed by atoms with Crippen molar-refractivity contribution in [3.05, 3.63) is 53.1 Å².